The number of ether oxygens (including phenoxy) is 3. The van der Waals surface area contributed by atoms with Gasteiger partial charge >= 0.3 is 5.97 Å². The Hall–Kier alpha value is -3.02. The summed E-state index contributed by atoms with van der Waals surface area (Å²) in [5.74, 6) is 0.346. The average molecular weight is 357 g/mol. The van der Waals surface area contributed by atoms with E-state index in [1.165, 1.54) is 26.4 Å². The number of aromatic amines is 1. The van der Waals surface area contributed by atoms with E-state index >= 15 is 0 Å². The molecule has 0 amide bonds. The first kappa shape index (κ1) is 17.8. The molecule has 0 spiro atoms. The molecule has 0 unspecified atom stereocenters. The van der Waals surface area contributed by atoms with Crippen LogP contribution in [0.2, 0.25) is 0 Å². The molecule has 0 radical (unpaired) electrons. The molecule has 0 bridgehead atoms. The zero-order valence-corrected chi connectivity index (χ0v) is 14.7. The minimum Gasteiger partial charge on any atom is -0.497 e. The molecule has 26 heavy (non-hydrogen) atoms. The topological polar surface area (TPSA) is 60.6 Å². The van der Waals surface area contributed by atoms with Crippen molar-refractivity contribution in [1.29, 1.82) is 0 Å². The smallest absolute Gasteiger partial charge is 0.338 e. The SMILES string of the molecule is COc1cc(OC)cc(C(=O)OCCCc2c[nH]c3ccc(F)cc23)c1. The summed E-state index contributed by atoms with van der Waals surface area (Å²) in [5.41, 5.74) is 2.26. The molecule has 2 aromatic carbocycles. The Morgan fingerprint density at radius 2 is 1.81 bits per heavy atom. The third-order valence-corrected chi connectivity index (χ3v) is 4.14. The van der Waals surface area contributed by atoms with Crippen molar-refractivity contribution in [3.63, 3.8) is 0 Å². The molecule has 0 saturated carbocycles. The van der Waals surface area contributed by atoms with Gasteiger partial charge in [-0.1, -0.05) is 0 Å². The first-order valence-electron chi connectivity index (χ1n) is 8.26. The molecule has 3 rings (SSSR count). The van der Waals surface area contributed by atoms with Crippen molar-refractivity contribution in [1.82, 2.24) is 4.98 Å². The van der Waals surface area contributed by atoms with Crippen LogP contribution in [0.5, 0.6) is 11.5 Å². The molecule has 5 nitrogen and oxygen atoms in total. The zero-order valence-electron chi connectivity index (χ0n) is 14.7. The van der Waals surface area contributed by atoms with Crippen LogP contribution in [-0.2, 0) is 11.2 Å². The number of H-pyrrole nitrogens is 1. The summed E-state index contributed by atoms with van der Waals surface area (Å²) in [6.45, 7) is 0.264. The molecular formula is C20H20FNO4. The van der Waals surface area contributed by atoms with Crippen molar-refractivity contribution in [2.24, 2.45) is 0 Å². The maximum Gasteiger partial charge on any atom is 0.338 e. The fourth-order valence-electron chi connectivity index (χ4n) is 2.79. The van der Waals surface area contributed by atoms with E-state index in [-0.39, 0.29) is 12.4 Å². The highest BCUT2D eigenvalue weighted by Crippen LogP contribution is 2.23. The molecule has 0 aliphatic rings. The van der Waals surface area contributed by atoms with Crippen LogP contribution in [0, 0.1) is 5.82 Å². The second-order valence-corrected chi connectivity index (χ2v) is 5.84. The number of methoxy groups -OCH3 is 2. The van der Waals surface area contributed by atoms with Gasteiger partial charge in [-0.25, -0.2) is 9.18 Å². The van der Waals surface area contributed by atoms with Crippen molar-refractivity contribution in [3.05, 3.63) is 59.5 Å². The molecule has 1 N–H and O–H groups in total. The number of rotatable bonds is 7. The minimum absolute atomic E-state index is 0.264. The van der Waals surface area contributed by atoms with E-state index in [0.29, 0.717) is 29.9 Å². The molecule has 0 fully saturated rings. The van der Waals surface area contributed by atoms with Crippen molar-refractivity contribution in [2.75, 3.05) is 20.8 Å². The summed E-state index contributed by atoms with van der Waals surface area (Å²) >= 11 is 0. The van der Waals surface area contributed by atoms with Crippen molar-refractivity contribution in [3.8, 4) is 11.5 Å². The van der Waals surface area contributed by atoms with Crippen LogP contribution in [-0.4, -0.2) is 31.8 Å². The van der Waals surface area contributed by atoms with Gasteiger partial charge in [-0.3, -0.25) is 0 Å². The Kier molecular flexibility index (Phi) is 5.41. The van der Waals surface area contributed by atoms with E-state index in [4.69, 9.17) is 14.2 Å². The summed E-state index contributed by atoms with van der Waals surface area (Å²) < 4.78 is 29.0. The van der Waals surface area contributed by atoms with Gasteiger partial charge in [0.15, 0.2) is 0 Å². The fraction of sp³-hybridized carbons (Fsp3) is 0.250. The molecule has 3 aromatic rings. The highest BCUT2D eigenvalue weighted by atomic mass is 19.1. The minimum atomic E-state index is -0.438. The van der Waals surface area contributed by atoms with Gasteiger partial charge in [0.25, 0.3) is 0 Å². The van der Waals surface area contributed by atoms with Crippen molar-refractivity contribution < 1.29 is 23.4 Å². The molecular weight excluding hydrogens is 337 g/mol. The Morgan fingerprint density at radius 3 is 2.50 bits per heavy atom. The second-order valence-electron chi connectivity index (χ2n) is 5.84. The number of hydrogen-bond donors (Lipinski definition) is 1. The quantitative estimate of drug-likeness (QED) is 0.511. The summed E-state index contributed by atoms with van der Waals surface area (Å²) in [6.07, 6.45) is 3.17. The molecule has 1 heterocycles. The third-order valence-electron chi connectivity index (χ3n) is 4.14. The lowest BCUT2D eigenvalue weighted by Crippen LogP contribution is -2.07. The predicted octanol–water partition coefficient (Wildman–Crippen LogP) is 4.11. The van der Waals surface area contributed by atoms with E-state index < -0.39 is 5.97 Å². The largest absolute Gasteiger partial charge is 0.497 e. The van der Waals surface area contributed by atoms with Gasteiger partial charge in [0, 0.05) is 23.2 Å². The van der Waals surface area contributed by atoms with Gasteiger partial charge in [0.05, 0.1) is 26.4 Å². The van der Waals surface area contributed by atoms with Crippen LogP contribution < -0.4 is 9.47 Å². The van der Waals surface area contributed by atoms with Crippen LogP contribution in [0.25, 0.3) is 10.9 Å². The lowest BCUT2D eigenvalue weighted by atomic mass is 10.1. The maximum absolute atomic E-state index is 13.4. The summed E-state index contributed by atoms with van der Waals surface area (Å²) in [5, 5.41) is 0.855. The van der Waals surface area contributed by atoms with Gasteiger partial charge < -0.3 is 19.2 Å². The molecule has 0 aliphatic carbocycles. The molecule has 0 aliphatic heterocycles. The standard InChI is InChI=1S/C20H20FNO4/c1-24-16-8-14(9-17(11-16)25-2)20(23)26-7-3-4-13-12-22-19-6-5-15(21)10-18(13)19/h5-6,8-12,22H,3-4,7H2,1-2H3. The van der Waals surface area contributed by atoms with E-state index in [1.807, 2.05) is 6.20 Å². The number of aryl methyl sites for hydroxylation is 1. The predicted molar refractivity (Wildman–Crippen MR) is 96.4 cm³/mol. The molecule has 1 aromatic heterocycles. The Morgan fingerprint density at radius 1 is 1.08 bits per heavy atom. The van der Waals surface area contributed by atoms with Crippen LogP contribution in [0.3, 0.4) is 0 Å². The lowest BCUT2D eigenvalue weighted by molar-refractivity contribution is 0.0500. The summed E-state index contributed by atoms with van der Waals surface area (Å²) in [6, 6.07) is 9.54. The van der Waals surface area contributed by atoms with Crippen LogP contribution in [0.15, 0.2) is 42.6 Å². The summed E-state index contributed by atoms with van der Waals surface area (Å²) in [7, 11) is 3.04. The fourth-order valence-corrected chi connectivity index (χ4v) is 2.79. The highest BCUT2D eigenvalue weighted by molar-refractivity contribution is 5.90. The molecule has 6 heteroatoms. The third kappa shape index (κ3) is 3.96. The normalized spacial score (nSPS) is 10.7. The molecule has 136 valence electrons. The lowest BCUT2D eigenvalue weighted by Gasteiger charge is -2.09. The number of fused-ring (bicyclic) bond motifs is 1. The Labute approximate surface area is 150 Å². The number of nitrogens with one attached hydrogen (secondary N) is 1. The highest BCUT2D eigenvalue weighted by Gasteiger charge is 2.11. The second kappa shape index (κ2) is 7.91. The van der Waals surface area contributed by atoms with Gasteiger partial charge in [-0.05, 0) is 48.7 Å². The van der Waals surface area contributed by atoms with E-state index in [0.717, 1.165) is 16.5 Å². The van der Waals surface area contributed by atoms with E-state index in [2.05, 4.69) is 4.98 Å². The number of aromatic nitrogens is 1. The number of benzene rings is 2. The summed E-state index contributed by atoms with van der Waals surface area (Å²) in [4.78, 5) is 15.3. The van der Waals surface area contributed by atoms with Crippen LogP contribution in [0.4, 0.5) is 4.39 Å². The first-order chi connectivity index (χ1) is 12.6. The molecule has 0 saturated heterocycles. The maximum atomic E-state index is 13.4. The number of halogens is 1. The van der Waals surface area contributed by atoms with E-state index in [1.54, 1.807) is 24.3 Å². The Bertz CT molecular complexity index is 897. The van der Waals surface area contributed by atoms with Gasteiger partial charge in [-0.15, -0.1) is 0 Å². The van der Waals surface area contributed by atoms with Crippen molar-refractivity contribution in [2.45, 2.75) is 12.8 Å². The van der Waals surface area contributed by atoms with Gasteiger partial charge in [0.2, 0.25) is 0 Å². The van der Waals surface area contributed by atoms with Gasteiger partial charge in [0.1, 0.15) is 17.3 Å². The average Bonchev–Trinajstić information content (AvgIpc) is 3.06. The first-order valence-corrected chi connectivity index (χ1v) is 8.26. The van der Waals surface area contributed by atoms with E-state index in [9.17, 15) is 9.18 Å². The monoisotopic (exact) mass is 357 g/mol. The number of hydrogen-bond acceptors (Lipinski definition) is 4. The zero-order chi connectivity index (χ0) is 18.5. The van der Waals surface area contributed by atoms with Crippen LogP contribution in [0.1, 0.15) is 22.3 Å². The Balaban J connectivity index is 1.57. The van der Waals surface area contributed by atoms with Crippen LogP contribution >= 0.6 is 0 Å². The van der Waals surface area contributed by atoms with Gasteiger partial charge in [-0.2, -0.15) is 0 Å². The van der Waals surface area contributed by atoms with Crippen molar-refractivity contribution >= 4 is 16.9 Å². The number of carbonyl (C=O) groups is 1. The number of carbonyl (C=O) groups excluding carboxylic acids is 1. The number of esters is 1. The molecule has 0 atom stereocenters.